The van der Waals surface area contributed by atoms with Crippen molar-refractivity contribution in [3.05, 3.63) is 93.4 Å². The highest BCUT2D eigenvalue weighted by atomic mass is 16.2. The van der Waals surface area contributed by atoms with Gasteiger partial charge in [0.15, 0.2) is 11.5 Å². The number of aryl methyl sites for hydroxylation is 3. The SMILES string of the molecule is Cc1ccc(Cn2c(=O)c(N3CCC(C(=O)Nc4ccc(C)cc4C)CC3)nc3cccnc32)cc1. The summed E-state index contributed by atoms with van der Waals surface area (Å²) in [5.74, 6) is 0.365. The lowest BCUT2D eigenvalue weighted by molar-refractivity contribution is -0.120. The number of hydrogen-bond donors (Lipinski definition) is 1. The molecule has 1 amide bonds. The number of carbonyl (C=O) groups is 1. The molecule has 1 aliphatic heterocycles. The second-order valence-corrected chi connectivity index (χ2v) is 9.73. The predicted molar refractivity (Wildman–Crippen MR) is 144 cm³/mol. The monoisotopic (exact) mass is 481 g/mol. The van der Waals surface area contributed by atoms with E-state index in [4.69, 9.17) is 4.98 Å². The number of benzene rings is 2. The number of anilines is 2. The maximum atomic E-state index is 13.6. The lowest BCUT2D eigenvalue weighted by Gasteiger charge is -2.32. The molecule has 0 atom stereocenters. The third-order valence-corrected chi connectivity index (χ3v) is 6.95. The number of piperidine rings is 1. The molecule has 4 aromatic rings. The Kier molecular flexibility index (Phi) is 6.55. The number of aromatic nitrogens is 3. The molecule has 0 bridgehead atoms. The highest BCUT2D eigenvalue weighted by Crippen LogP contribution is 2.24. The van der Waals surface area contributed by atoms with Crippen molar-refractivity contribution in [3.8, 4) is 0 Å². The molecule has 1 N–H and O–H groups in total. The van der Waals surface area contributed by atoms with Crippen molar-refractivity contribution in [1.29, 1.82) is 0 Å². The van der Waals surface area contributed by atoms with Gasteiger partial charge < -0.3 is 10.2 Å². The number of fused-ring (bicyclic) bond motifs is 1. The largest absolute Gasteiger partial charge is 0.352 e. The Labute approximate surface area is 210 Å². The smallest absolute Gasteiger partial charge is 0.295 e. The Balaban J connectivity index is 1.36. The van der Waals surface area contributed by atoms with Crippen LogP contribution in [0.15, 0.2) is 65.6 Å². The lowest BCUT2D eigenvalue weighted by atomic mass is 9.95. The van der Waals surface area contributed by atoms with Gasteiger partial charge in [-0.15, -0.1) is 0 Å². The van der Waals surface area contributed by atoms with Crippen molar-refractivity contribution < 1.29 is 4.79 Å². The van der Waals surface area contributed by atoms with Gasteiger partial charge in [0.2, 0.25) is 5.91 Å². The normalized spacial score (nSPS) is 14.2. The van der Waals surface area contributed by atoms with E-state index in [1.807, 2.05) is 74.2 Å². The Morgan fingerprint density at radius 1 is 1.00 bits per heavy atom. The van der Waals surface area contributed by atoms with Gasteiger partial charge in [-0.3, -0.25) is 14.2 Å². The third-order valence-electron chi connectivity index (χ3n) is 6.95. The highest BCUT2D eigenvalue weighted by Gasteiger charge is 2.28. The summed E-state index contributed by atoms with van der Waals surface area (Å²) in [5.41, 5.74) is 6.41. The van der Waals surface area contributed by atoms with Crippen molar-refractivity contribution in [2.24, 2.45) is 5.92 Å². The minimum atomic E-state index is -0.153. The van der Waals surface area contributed by atoms with Crippen molar-refractivity contribution >= 4 is 28.6 Å². The molecule has 7 nitrogen and oxygen atoms in total. The quantitative estimate of drug-likeness (QED) is 0.450. The van der Waals surface area contributed by atoms with Crippen molar-refractivity contribution in [2.75, 3.05) is 23.3 Å². The van der Waals surface area contributed by atoms with E-state index < -0.39 is 0 Å². The van der Waals surface area contributed by atoms with Gasteiger partial charge in [-0.1, -0.05) is 47.5 Å². The fraction of sp³-hybridized carbons (Fsp3) is 0.310. The first-order chi connectivity index (χ1) is 17.4. The summed E-state index contributed by atoms with van der Waals surface area (Å²) in [5, 5.41) is 3.09. The van der Waals surface area contributed by atoms with Gasteiger partial charge in [-0.05, 0) is 62.9 Å². The molecule has 3 heterocycles. The number of nitrogens with one attached hydrogen (secondary N) is 1. The van der Waals surface area contributed by atoms with Gasteiger partial charge in [0.05, 0.1) is 6.54 Å². The average molecular weight is 482 g/mol. The van der Waals surface area contributed by atoms with Crippen molar-refractivity contribution in [3.63, 3.8) is 0 Å². The van der Waals surface area contributed by atoms with Crippen LogP contribution >= 0.6 is 0 Å². The number of carbonyl (C=O) groups excluding carboxylic acids is 1. The first kappa shape index (κ1) is 23.7. The summed E-state index contributed by atoms with van der Waals surface area (Å²) >= 11 is 0. The first-order valence-electron chi connectivity index (χ1n) is 12.4. The molecule has 1 saturated heterocycles. The number of nitrogens with zero attached hydrogens (tertiary/aromatic N) is 4. The van der Waals surface area contributed by atoms with Gasteiger partial charge in [-0.2, -0.15) is 0 Å². The molecular formula is C29H31N5O2. The molecule has 0 unspecified atom stereocenters. The molecule has 5 rings (SSSR count). The highest BCUT2D eigenvalue weighted by molar-refractivity contribution is 5.93. The molecule has 36 heavy (non-hydrogen) atoms. The molecule has 0 saturated carbocycles. The molecule has 7 heteroatoms. The topological polar surface area (TPSA) is 80.1 Å². The maximum Gasteiger partial charge on any atom is 0.295 e. The van der Waals surface area contributed by atoms with Crippen LogP contribution in [0, 0.1) is 26.7 Å². The second-order valence-electron chi connectivity index (χ2n) is 9.73. The molecule has 184 valence electrons. The van der Waals surface area contributed by atoms with Crippen LogP contribution in [0.1, 0.15) is 35.1 Å². The lowest BCUT2D eigenvalue weighted by Crippen LogP contribution is -2.42. The van der Waals surface area contributed by atoms with Gasteiger partial charge in [0, 0.05) is 30.9 Å². The predicted octanol–water partition coefficient (Wildman–Crippen LogP) is 4.62. The number of hydrogen-bond acceptors (Lipinski definition) is 5. The van der Waals surface area contributed by atoms with E-state index in [9.17, 15) is 9.59 Å². The first-order valence-corrected chi connectivity index (χ1v) is 12.4. The van der Waals surface area contributed by atoms with Gasteiger partial charge in [0.25, 0.3) is 5.56 Å². The standard InChI is InChI=1S/C29H31N5O2/c1-19-6-9-22(10-7-19)18-34-26-25(5-4-14-30-26)31-27(29(34)36)33-15-12-23(13-16-33)28(35)32-24-11-8-20(2)17-21(24)3/h4-11,14,17,23H,12-13,15-16,18H2,1-3H3,(H,32,35). The Hall–Kier alpha value is -4.00. The Morgan fingerprint density at radius 2 is 1.72 bits per heavy atom. The van der Waals surface area contributed by atoms with Crippen LogP contribution in [-0.2, 0) is 11.3 Å². The minimum absolute atomic E-state index is 0.0362. The Morgan fingerprint density at radius 3 is 2.44 bits per heavy atom. The Bertz CT molecular complexity index is 1470. The van der Waals surface area contributed by atoms with Gasteiger partial charge in [0.1, 0.15) is 5.52 Å². The molecule has 0 radical (unpaired) electrons. The summed E-state index contributed by atoms with van der Waals surface area (Å²) in [6.07, 6.45) is 3.02. The molecular weight excluding hydrogens is 450 g/mol. The number of amides is 1. The summed E-state index contributed by atoms with van der Waals surface area (Å²) in [6, 6.07) is 17.9. The third kappa shape index (κ3) is 4.87. The summed E-state index contributed by atoms with van der Waals surface area (Å²) in [7, 11) is 0. The van der Waals surface area contributed by atoms with Crippen molar-refractivity contribution in [2.45, 2.75) is 40.2 Å². The van der Waals surface area contributed by atoms with Gasteiger partial charge >= 0.3 is 0 Å². The zero-order valence-corrected chi connectivity index (χ0v) is 21.0. The maximum absolute atomic E-state index is 13.6. The van der Waals surface area contributed by atoms with Crippen LogP contribution in [0.3, 0.4) is 0 Å². The second kappa shape index (κ2) is 9.93. The zero-order valence-electron chi connectivity index (χ0n) is 21.0. The van der Waals surface area contributed by atoms with Crippen LogP contribution in [0.4, 0.5) is 11.5 Å². The average Bonchev–Trinajstić information content (AvgIpc) is 2.88. The van der Waals surface area contributed by atoms with E-state index >= 15 is 0 Å². The molecule has 2 aromatic carbocycles. The van der Waals surface area contributed by atoms with E-state index in [1.165, 1.54) is 11.1 Å². The minimum Gasteiger partial charge on any atom is -0.352 e. The van der Waals surface area contributed by atoms with Gasteiger partial charge in [-0.25, -0.2) is 9.97 Å². The molecule has 1 fully saturated rings. The summed E-state index contributed by atoms with van der Waals surface area (Å²) in [6.45, 7) is 7.72. The number of pyridine rings is 1. The fourth-order valence-electron chi connectivity index (χ4n) is 4.83. The van der Waals surface area contributed by atoms with Crippen LogP contribution in [0.2, 0.25) is 0 Å². The van der Waals surface area contributed by atoms with E-state index in [0.717, 1.165) is 16.8 Å². The van der Waals surface area contributed by atoms with Crippen LogP contribution < -0.4 is 15.8 Å². The summed E-state index contributed by atoms with van der Waals surface area (Å²) in [4.78, 5) is 37.7. The van der Waals surface area contributed by atoms with E-state index in [2.05, 4.69) is 16.4 Å². The fourth-order valence-corrected chi connectivity index (χ4v) is 4.83. The van der Waals surface area contributed by atoms with E-state index in [0.29, 0.717) is 49.5 Å². The molecule has 2 aromatic heterocycles. The van der Waals surface area contributed by atoms with Crippen LogP contribution in [-0.4, -0.2) is 33.5 Å². The van der Waals surface area contributed by atoms with E-state index in [-0.39, 0.29) is 17.4 Å². The van der Waals surface area contributed by atoms with Crippen molar-refractivity contribution in [1.82, 2.24) is 14.5 Å². The molecule has 1 aliphatic rings. The summed E-state index contributed by atoms with van der Waals surface area (Å²) < 4.78 is 1.71. The molecule has 0 aliphatic carbocycles. The number of rotatable bonds is 5. The van der Waals surface area contributed by atoms with Crippen LogP contribution in [0.25, 0.3) is 11.2 Å². The zero-order chi connectivity index (χ0) is 25.2. The van der Waals surface area contributed by atoms with Crippen LogP contribution in [0.5, 0.6) is 0 Å². The van der Waals surface area contributed by atoms with E-state index in [1.54, 1.807) is 10.8 Å². The molecule has 0 spiro atoms.